The van der Waals surface area contributed by atoms with E-state index in [4.69, 9.17) is 16.3 Å². The van der Waals surface area contributed by atoms with E-state index in [0.717, 1.165) is 16.8 Å². The van der Waals surface area contributed by atoms with E-state index in [9.17, 15) is 8.42 Å². The van der Waals surface area contributed by atoms with Crippen LogP contribution in [0.4, 0.5) is 0 Å². The zero-order chi connectivity index (χ0) is 17.9. The zero-order valence-electron chi connectivity index (χ0n) is 13.1. The molecule has 2 aromatic carbocycles. The van der Waals surface area contributed by atoms with Gasteiger partial charge in [-0.15, -0.1) is 5.10 Å². The Morgan fingerprint density at radius 3 is 2.60 bits per heavy atom. The number of benzene rings is 2. The molecule has 0 aliphatic carbocycles. The third-order valence-corrected chi connectivity index (χ3v) is 5.65. The molecule has 130 valence electrons. The van der Waals surface area contributed by atoms with Crippen molar-refractivity contribution in [2.75, 3.05) is 7.11 Å². The molecule has 1 aromatic heterocycles. The first-order chi connectivity index (χ1) is 12.0. The number of sulfonamides is 1. The lowest BCUT2D eigenvalue weighted by atomic mass is 10.1. The molecule has 1 N–H and O–H groups in total. The predicted octanol–water partition coefficient (Wildman–Crippen LogP) is 3.35. The van der Waals surface area contributed by atoms with E-state index in [-0.39, 0.29) is 17.2 Å². The van der Waals surface area contributed by atoms with Crippen LogP contribution in [0.1, 0.15) is 5.56 Å². The number of nitrogens with zero attached hydrogens (tertiary/aromatic N) is 2. The van der Waals surface area contributed by atoms with Gasteiger partial charge in [-0.2, -0.15) is 0 Å². The summed E-state index contributed by atoms with van der Waals surface area (Å²) in [5.41, 5.74) is 2.54. The normalized spacial score (nSPS) is 11.4. The number of aromatic nitrogens is 2. The van der Waals surface area contributed by atoms with E-state index in [2.05, 4.69) is 14.3 Å². The van der Waals surface area contributed by atoms with Gasteiger partial charge in [0.2, 0.25) is 10.0 Å². The molecule has 25 heavy (non-hydrogen) atoms. The third-order valence-electron chi connectivity index (χ3n) is 3.49. The second-order valence-electron chi connectivity index (χ2n) is 5.11. The van der Waals surface area contributed by atoms with Gasteiger partial charge in [0, 0.05) is 22.5 Å². The molecule has 0 atom stereocenters. The van der Waals surface area contributed by atoms with Crippen LogP contribution in [0.15, 0.2) is 52.7 Å². The molecule has 0 fully saturated rings. The maximum Gasteiger partial charge on any atom is 0.244 e. The molecular weight excluding hydrogens is 382 g/mol. The highest BCUT2D eigenvalue weighted by Crippen LogP contribution is 2.27. The fourth-order valence-corrected chi connectivity index (χ4v) is 4.11. The van der Waals surface area contributed by atoms with Crippen LogP contribution in [-0.2, 0) is 16.6 Å². The summed E-state index contributed by atoms with van der Waals surface area (Å²) in [5.74, 6) is 0.239. The molecule has 0 saturated heterocycles. The van der Waals surface area contributed by atoms with Gasteiger partial charge >= 0.3 is 0 Å². The van der Waals surface area contributed by atoms with Crippen molar-refractivity contribution in [1.29, 1.82) is 0 Å². The Labute approximate surface area is 154 Å². The summed E-state index contributed by atoms with van der Waals surface area (Å²) >= 11 is 7.18. The Morgan fingerprint density at radius 2 is 1.96 bits per heavy atom. The van der Waals surface area contributed by atoms with E-state index in [1.165, 1.54) is 30.8 Å². The van der Waals surface area contributed by atoms with E-state index in [1.54, 1.807) is 6.07 Å². The van der Waals surface area contributed by atoms with Crippen LogP contribution in [0.2, 0.25) is 5.02 Å². The average Bonchev–Trinajstić information content (AvgIpc) is 3.15. The summed E-state index contributed by atoms with van der Waals surface area (Å²) in [6.07, 6.45) is 0. The first kappa shape index (κ1) is 17.8. The summed E-state index contributed by atoms with van der Waals surface area (Å²) in [6.45, 7) is 0.146. The summed E-state index contributed by atoms with van der Waals surface area (Å²) in [6, 6.07) is 11.9. The van der Waals surface area contributed by atoms with Crippen LogP contribution in [0.3, 0.4) is 0 Å². The molecule has 9 heteroatoms. The second kappa shape index (κ2) is 7.49. The standard InChI is InChI=1S/C16H14ClN3O3S2/c1-23-15-7-6-13(17)8-16(15)25(21,22)18-9-11-2-4-12(5-3-11)14-10-24-20-19-14/h2-8,10,18H,9H2,1H3. The monoisotopic (exact) mass is 395 g/mol. The minimum absolute atomic E-state index is 0.00710. The lowest BCUT2D eigenvalue weighted by Gasteiger charge is -2.11. The Kier molecular flexibility index (Phi) is 5.33. The Bertz CT molecular complexity index is 959. The minimum atomic E-state index is -3.76. The Balaban J connectivity index is 1.75. The van der Waals surface area contributed by atoms with Crippen LogP contribution >= 0.6 is 23.1 Å². The van der Waals surface area contributed by atoms with Gasteiger partial charge in [-0.05, 0) is 35.3 Å². The molecular formula is C16H14ClN3O3S2. The highest BCUT2D eigenvalue weighted by Gasteiger charge is 2.19. The molecule has 0 aliphatic heterocycles. The molecule has 3 rings (SSSR count). The smallest absolute Gasteiger partial charge is 0.244 e. The maximum atomic E-state index is 12.5. The number of hydrogen-bond acceptors (Lipinski definition) is 6. The molecule has 0 amide bonds. The molecule has 0 saturated carbocycles. The molecule has 0 spiro atoms. The van der Waals surface area contributed by atoms with Crippen LogP contribution in [0, 0.1) is 0 Å². The SMILES string of the molecule is COc1ccc(Cl)cc1S(=O)(=O)NCc1ccc(-c2csnn2)cc1. The fourth-order valence-electron chi connectivity index (χ4n) is 2.20. The van der Waals surface area contributed by atoms with Gasteiger partial charge in [0.15, 0.2) is 0 Å². The first-order valence-corrected chi connectivity index (χ1v) is 9.89. The van der Waals surface area contributed by atoms with Crippen molar-refractivity contribution in [3.8, 4) is 17.0 Å². The topological polar surface area (TPSA) is 81.2 Å². The third kappa shape index (κ3) is 4.16. The second-order valence-corrected chi connectivity index (χ2v) is 7.89. The molecule has 0 aliphatic rings. The predicted molar refractivity (Wildman–Crippen MR) is 97.4 cm³/mol. The summed E-state index contributed by atoms with van der Waals surface area (Å²) in [7, 11) is -2.35. The van der Waals surface area contributed by atoms with Gasteiger partial charge < -0.3 is 4.74 Å². The van der Waals surface area contributed by atoms with Crippen LogP contribution in [-0.4, -0.2) is 25.1 Å². The molecule has 1 heterocycles. The van der Waals surface area contributed by atoms with Gasteiger partial charge in [-0.25, -0.2) is 13.1 Å². The van der Waals surface area contributed by atoms with Crippen molar-refractivity contribution >= 4 is 33.2 Å². The average molecular weight is 396 g/mol. The van der Waals surface area contributed by atoms with E-state index in [1.807, 2.05) is 29.6 Å². The van der Waals surface area contributed by atoms with Crippen molar-refractivity contribution in [2.24, 2.45) is 0 Å². The lowest BCUT2D eigenvalue weighted by molar-refractivity contribution is 0.402. The first-order valence-electron chi connectivity index (χ1n) is 7.19. The van der Waals surface area contributed by atoms with Crippen LogP contribution in [0.25, 0.3) is 11.3 Å². The highest BCUT2D eigenvalue weighted by molar-refractivity contribution is 7.89. The number of hydrogen-bond donors (Lipinski definition) is 1. The van der Waals surface area contributed by atoms with Crippen molar-refractivity contribution in [3.63, 3.8) is 0 Å². The molecule has 6 nitrogen and oxygen atoms in total. The highest BCUT2D eigenvalue weighted by atomic mass is 35.5. The van der Waals surface area contributed by atoms with Gasteiger partial charge in [0.1, 0.15) is 16.3 Å². The largest absolute Gasteiger partial charge is 0.495 e. The Hall–Kier alpha value is -2.00. The zero-order valence-corrected chi connectivity index (χ0v) is 15.5. The van der Waals surface area contributed by atoms with Gasteiger partial charge in [0.25, 0.3) is 0 Å². The summed E-state index contributed by atoms with van der Waals surface area (Å²) < 4.78 is 36.5. The Morgan fingerprint density at radius 1 is 1.20 bits per heavy atom. The minimum Gasteiger partial charge on any atom is -0.495 e. The summed E-state index contributed by atoms with van der Waals surface area (Å²) in [5, 5.41) is 6.17. The van der Waals surface area contributed by atoms with E-state index in [0.29, 0.717) is 5.02 Å². The van der Waals surface area contributed by atoms with E-state index >= 15 is 0 Å². The number of nitrogens with one attached hydrogen (secondary N) is 1. The maximum absolute atomic E-state index is 12.5. The summed E-state index contributed by atoms with van der Waals surface area (Å²) in [4.78, 5) is 0.00710. The van der Waals surface area contributed by atoms with Crippen molar-refractivity contribution in [1.82, 2.24) is 14.3 Å². The number of rotatable bonds is 6. The van der Waals surface area contributed by atoms with Crippen LogP contribution in [0.5, 0.6) is 5.75 Å². The molecule has 0 unspecified atom stereocenters. The van der Waals surface area contributed by atoms with Gasteiger partial charge in [-0.3, -0.25) is 0 Å². The van der Waals surface area contributed by atoms with Gasteiger partial charge in [-0.1, -0.05) is 40.4 Å². The number of methoxy groups -OCH3 is 1. The van der Waals surface area contributed by atoms with E-state index < -0.39 is 10.0 Å². The van der Waals surface area contributed by atoms with Crippen molar-refractivity contribution < 1.29 is 13.2 Å². The lowest BCUT2D eigenvalue weighted by Crippen LogP contribution is -2.23. The number of halogens is 1. The quantitative estimate of drug-likeness (QED) is 0.692. The molecule has 0 radical (unpaired) electrons. The molecule has 3 aromatic rings. The molecule has 0 bridgehead atoms. The van der Waals surface area contributed by atoms with Gasteiger partial charge in [0.05, 0.1) is 7.11 Å². The number of ether oxygens (including phenoxy) is 1. The fraction of sp³-hybridized carbons (Fsp3) is 0.125. The van der Waals surface area contributed by atoms with Crippen molar-refractivity contribution in [3.05, 3.63) is 58.4 Å². The van der Waals surface area contributed by atoms with Crippen molar-refractivity contribution in [2.45, 2.75) is 11.4 Å². The van der Waals surface area contributed by atoms with Crippen LogP contribution < -0.4 is 9.46 Å².